The topological polar surface area (TPSA) is 46.2 Å². The van der Waals surface area contributed by atoms with Crippen LogP contribution in [-0.2, 0) is 36.6 Å². The highest BCUT2D eigenvalue weighted by molar-refractivity contribution is 6.77. The van der Waals surface area contributed by atoms with Gasteiger partial charge in [-0.2, -0.15) is 0 Å². The molecule has 0 bridgehead atoms. The van der Waals surface area contributed by atoms with Crippen LogP contribution >= 0.6 is 0 Å². The molecule has 5 nitrogen and oxygen atoms in total. The first-order chi connectivity index (χ1) is 18.3. The zero-order valence-corrected chi connectivity index (χ0v) is 24.9. The molecule has 1 fully saturated rings. The summed E-state index contributed by atoms with van der Waals surface area (Å²) in [6.45, 7) is 15.4. The predicted octanol–water partition coefficient (Wildman–Crippen LogP) is 7.42. The van der Waals surface area contributed by atoms with Crippen LogP contribution < -0.4 is 0 Å². The molecule has 6 heteroatoms. The van der Waals surface area contributed by atoms with Gasteiger partial charge in [0.2, 0.25) is 0 Å². The first-order valence-corrected chi connectivity index (χ1v) is 16.4. The fourth-order valence-electron chi connectivity index (χ4n) is 6.47. The third kappa shape index (κ3) is 6.60. The molecular weight excluding hydrogens is 492 g/mol. The van der Waals surface area contributed by atoms with Crippen molar-refractivity contribution in [1.82, 2.24) is 0 Å². The largest absolute Gasteiger partial charge is 0.493 e. The Hall–Kier alpha value is -1.96. The maximum atomic E-state index is 7.05. The van der Waals surface area contributed by atoms with Crippen molar-refractivity contribution >= 4 is 8.32 Å². The Labute approximate surface area is 230 Å². The van der Waals surface area contributed by atoms with Crippen LogP contribution in [-0.4, -0.2) is 45.4 Å². The van der Waals surface area contributed by atoms with Gasteiger partial charge in [0.05, 0.1) is 26.1 Å². The summed E-state index contributed by atoms with van der Waals surface area (Å²) in [5.41, 5.74) is 3.73. The van der Waals surface area contributed by atoms with Gasteiger partial charge in [0.25, 0.3) is 0 Å². The lowest BCUT2D eigenvalue weighted by Crippen LogP contribution is -2.62. The highest BCUT2D eigenvalue weighted by Gasteiger charge is 2.51. The van der Waals surface area contributed by atoms with Gasteiger partial charge in [0.15, 0.2) is 14.4 Å². The Bertz CT molecular complexity index is 972. The molecule has 0 aliphatic carbocycles. The quantitative estimate of drug-likeness (QED) is 0.263. The fourth-order valence-corrected chi connectivity index (χ4v) is 11.9. The summed E-state index contributed by atoms with van der Waals surface area (Å²) in [7, 11) is -2.09. The van der Waals surface area contributed by atoms with E-state index in [1.54, 1.807) is 6.26 Å². The van der Waals surface area contributed by atoms with Crippen LogP contribution in [0.4, 0.5) is 0 Å². The Kier molecular flexibility index (Phi) is 10.2. The minimum Gasteiger partial charge on any atom is -0.493 e. The standard InChI is InChI=1S/C32H46O5Si/c1-23(2)38(24(3)4,25(5)6)36-22-29-31(34-20-26-14-9-7-10-15-26)32(30-28(37-29)18-13-19-33-30)35-21-27-16-11-8-12-17-27/h7-17,19,23-25,28-32H,18,20-22H2,1-6H3/t28-,29-,30+,31-,32-/m1/s1. The van der Waals surface area contributed by atoms with Crippen LogP contribution in [0.25, 0.3) is 0 Å². The molecule has 0 saturated carbocycles. The molecule has 2 aromatic carbocycles. The van der Waals surface area contributed by atoms with Gasteiger partial charge in [0.1, 0.15) is 24.4 Å². The van der Waals surface area contributed by atoms with E-state index in [2.05, 4.69) is 65.8 Å². The van der Waals surface area contributed by atoms with Crippen molar-refractivity contribution in [2.45, 2.75) is 108 Å². The van der Waals surface area contributed by atoms with Crippen LogP contribution in [0.3, 0.4) is 0 Å². The van der Waals surface area contributed by atoms with E-state index in [4.69, 9.17) is 23.4 Å². The number of ether oxygens (including phenoxy) is 4. The lowest BCUT2D eigenvalue weighted by Gasteiger charge is -2.48. The van der Waals surface area contributed by atoms with E-state index >= 15 is 0 Å². The molecule has 38 heavy (non-hydrogen) atoms. The van der Waals surface area contributed by atoms with Crippen molar-refractivity contribution in [3.05, 3.63) is 84.1 Å². The Balaban J connectivity index is 1.61. The smallest absolute Gasteiger partial charge is 0.200 e. The van der Waals surface area contributed by atoms with Gasteiger partial charge >= 0.3 is 0 Å². The van der Waals surface area contributed by atoms with Crippen molar-refractivity contribution in [2.75, 3.05) is 6.61 Å². The Morgan fingerprint density at radius 1 is 0.763 bits per heavy atom. The molecule has 0 unspecified atom stereocenters. The normalized spacial score (nSPS) is 25.6. The van der Waals surface area contributed by atoms with Crippen LogP contribution in [0.5, 0.6) is 0 Å². The van der Waals surface area contributed by atoms with E-state index in [-0.39, 0.29) is 30.5 Å². The summed E-state index contributed by atoms with van der Waals surface area (Å²) < 4.78 is 33.2. The molecular formula is C32H46O5Si. The molecule has 2 aromatic rings. The van der Waals surface area contributed by atoms with Crippen LogP contribution in [0.2, 0.25) is 16.6 Å². The van der Waals surface area contributed by atoms with Crippen molar-refractivity contribution in [1.29, 1.82) is 0 Å². The van der Waals surface area contributed by atoms with Crippen molar-refractivity contribution in [3.8, 4) is 0 Å². The van der Waals surface area contributed by atoms with E-state index in [0.29, 0.717) is 36.4 Å². The Morgan fingerprint density at radius 2 is 1.29 bits per heavy atom. The van der Waals surface area contributed by atoms with Gasteiger partial charge in [-0.3, -0.25) is 0 Å². The molecule has 2 aliphatic heterocycles. The molecule has 2 heterocycles. The third-order valence-electron chi connectivity index (χ3n) is 8.21. The molecule has 1 saturated heterocycles. The summed E-state index contributed by atoms with van der Waals surface area (Å²) in [4.78, 5) is 0. The summed E-state index contributed by atoms with van der Waals surface area (Å²) in [5.74, 6) is 0. The summed E-state index contributed by atoms with van der Waals surface area (Å²) >= 11 is 0. The first-order valence-electron chi connectivity index (χ1n) is 14.2. The number of benzene rings is 2. The average Bonchev–Trinajstić information content (AvgIpc) is 2.91. The zero-order chi connectivity index (χ0) is 27.1. The summed E-state index contributed by atoms with van der Waals surface area (Å²) in [5, 5.41) is 0. The van der Waals surface area contributed by atoms with Crippen LogP contribution in [0, 0.1) is 0 Å². The lowest BCUT2D eigenvalue weighted by molar-refractivity contribution is -0.260. The highest BCUT2D eigenvalue weighted by atomic mass is 28.4. The minimum atomic E-state index is -2.09. The lowest BCUT2D eigenvalue weighted by atomic mass is 9.92. The number of rotatable bonds is 12. The second kappa shape index (κ2) is 13.4. The van der Waals surface area contributed by atoms with E-state index in [9.17, 15) is 0 Å². The van der Waals surface area contributed by atoms with Crippen molar-refractivity contribution in [3.63, 3.8) is 0 Å². The minimum absolute atomic E-state index is 0.0980. The molecule has 0 aromatic heterocycles. The maximum absolute atomic E-state index is 7.05. The number of fused-ring (bicyclic) bond motifs is 1. The molecule has 0 radical (unpaired) electrons. The van der Waals surface area contributed by atoms with E-state index in [0.717, 1.165) is 17.5 Å². The second-order valence-electron chi connectivity index (χ2n) is 11.6. The summed E-state index contributed by atoms with van der Waals surface area (Å²) in [6.07, 6.45) is 3.41. The van der Waals surface area contributed by atoms with Gasteiger partial charge in [0, 0.05) is 0 Å². The third-order valence-corrected chi connectivity index (χ3v) is 14.3. The molecule has 4 rings (SSSR count). The van der Waals surface area contributed by atoms with Crippen molar-refractivity contribution in [2.24, 2.45) is 0 Å². The van der Waals surface area contributed by atoms with Gasteiger partial charge in [-0.05, 0) is 40.2 Å². The Morgan fingerprint density at radius 3 is 1.82 bits per heavy atom. The van der Waals surface area contributed by atoms with Gasteiger partial charge in [-0.25, -0.2) is 0 Å². The van der Waals surface area contributed by atoms with E-state index < -0.39 is 8.32 Å². The predicted molar refractivity (Wildman–Crippen MR) is 154 cm³/mol. The van der Waals surface area contributed by atoms with Crippen LogP contribution in [0.1, 0.15) is 59.1 Å². The molecule has 0 spiro atoms. The number of hydrogen-bond donors (Lipinski definition) is 0. The molecule has 0 amide bonds. The van der Waals surface area contributed by atoms with Gasteiger partial charge in [-0.1, -0.05) is 102 Å². The maximum Gasteiger partial charge on any atom is 0.200 e. The van der Waals surface area contributed by atoms with Crippen molar-refractivity contribution < 1.29 is 23.4 Å². The zero-order valence-electron chi connectivity index (χ0n) is 23.9. The number of hydrogen-bond acceptors (Lipinski definition) is 5. The SMILES string of the molecule is CC(C)[Si](OC[C@H]1O[C@@H]2CC=CO[C@@H]2[C@@H](OCc2ccccc2)[C@@H]1OCc1ccccc1)(C(C)C)C(C)C. The highest BCUT2D eigenvalue weighted by Crippen LogP contribution is 2.43. The van der Waals surface area contributed by atoms with Gasteiger partial charge < -0.3 is 23.4 Å². The fraction of sp³-hybridized carbons (Fsp3) is 0.562. The molecule has 208 valence electrons. The average molecular weight is 539 g/mol. The molecule has 2 aliphatic rings. The van der Waals surface area contributed by atoms with E-state index in [1.807, 2.05) is 42.5 Å². The first kappa shape index (κ1) is 29.0. The van der Waals surface area contributed by atoms with Gasteiger partial charge in [-0.15, -0.1) is 0 Å². The summed E-state index contributed by atoms with van der Waals surface area (Å²) in [6, 6.07) is 20.6. The second-order valence-corrected chi connectivity index (χ2v) is 17.0. The van der Waals surface area contributed by atoms with E-state index in [1.165, 1.54) is 0 Å². The van der Waals surface area contributed by atoms with Crippen LogP contribution in [0.15, 0.2) is 73.0 Å². The monoisotopic (exact) mass is 538 g/mol. The molecule has 0 N–H and O–H groups in total. The molecule has 5 atom stereocenters.